The average molecular weight is 572 g/mol. The molecule has 1 fully saturated rings. The quantitative estimate of drug-likeness (QED) is 0.338. The van der Waals surface area contributed by atoms with Crippen LogP contribution in [-0.2, 0) is 19.4 Å². The normalized spacial score (nSPS) is 14.4. The lowest BCUT2D eigenvalue weighted by Gasteiger charge is -2.29. The van der Waals surface area contributed by atoms with Crippen molar-refractivity contribution in [2.75, 3.05) is 63.4 Å². The zero-order chi connectivity index (χ0) is 24.8. The zero-order valence-electron chi connectivity index (χ0n) is 20.2. The van der Waals surface area contributed by atoms with Gasteiger partial charge in [-0.2, -0.15) is 0 Å². The van der Waals surface area contributed by atoms with Gasteiger partial charge in [0, 0.05) is 49.5 Å². The van der Waals surface area contributed by atoms with Crippen molar-refractivity contribution in [2.24, 2.45) is 0 Å². The first-order chi connectivity index (χ1) is 16.8. The van der Waals surface area contributed by atoms with Crippen molar-refractivity contribution in [1.29, 1.82) is 0 Å². The topological polar surface area (TPSA) is 89.0 Å². The molecule has 0 bridgehead atoms. The first kappa shape index (κ1) is 28.7. The molecule has 0 aliphatic carbocycles. The predicted molar refractivity (Wildman–Crippen MR) is 148 cm³/mol. The molecule has 1 saturated heterocycles. The molecule has 0 radical (unpaired) electrons. The number of hydrogen-bond donors (Lipinski definition) is 0. The van der Waals surface area contributed by atoms with Gasteiger partial charge in [-0.1, -0.05) is 11.3 Å². The SMILES string of the molecule is COc1ccc(SCCC(=O)N(CCN2CCOCC2)c2nc3ccc(S(C)(=O)=O)cc3s2)cc1.Cl. The number of nitrogens with zero attached hydrogens (tertiary/aromatic N) is 3. The van der Waals surface area contributed by atoms with Crippen molar-refractivity contribution >= 4 is 66.6 Å². The smallest absolute Gasteiger partial charge is 0.229 e. The summed E-state index contributed by atoms with van der Waals surface area (Å²) < 4.78 is 35.3. The van der Waals surface area contributed by atoms with E-state index in [1.807, 2.05) is 24.3 Å². The Morgan fingerprint density at radius 2 is 1.92 bits per heavy atom. The summed E-state index contributed by atoms with van der Waals surface area (Å²) in [5.41, 5.74) is 0.689. The molecule has 0 N–H and O–H groups in total. The zero-order valence-corrected chi connectivity index (χ0v) is 23.5. The number of carbonyl (C=O) groups is 1. The highest BCUT2D eigenvalue weighted by Crippen LogP contribution is 2.31. The van der Waals surface area contributed by atoms with Crippen molar-refractivity contribution in [1.82, 2.24) is 9.88 Å². The van der Waals surface area contributed by atoms with Gasteiger partial charge in [-0.3, -0.25) is 14.6 Å². The van der Waals surface area contributed by atoms with Gasteiger partial charge in [0.05, 0.1) is 35.4 Å². The lowest BCUT2D eigenvalue weighted by atomic mass is 10.3. The largest absolute Gasteiger partial charge is 0.497 e. The fourth-order valence-corrected chi connectivity index (χ4v) is 6.31. The second-order valence-corrected chi connectivity index (χ2v) is 12.4. The fraction of sp³-hybridized carbons (Fsp3) is 0.417. The monoisotopic (exact) mass is 571 g/mol. The van der Waals surface area contributed by atoms with Crippen LogP contribution in [0.5, 0.6) is 5.75 Å². The molecule has 1 aliphatic heterocycles. The molecule has 12 heteroatoms. The van der Waals surface area contributed by atoms with E-state index >= 15 is 0 Å². The van der Waals surface area contributed by atoms with Crippen LogP contribution in [0.2, 0.25) is 0 Å². The van der Waals surface area contributed by atoms with Gasteiger partial charge in [-0.05, 0) is 42.5 Å². The molecule has 0 saturated carbocycles. The molecular weight excluding hydrogens is 542 g/mol. The molecule has 1 aliphatic rings. The summed E-state index contributed by atoms with van der Waals surface area (Å²) in [7, 11) is -1.68. The first-order valence-electron chi connectivity index (χ1n) is 11.3. The van der Waals surface area contributed by atoms with E-state index < -0.39 is 9.84 Å². The molecular formula is C24H30ClN3O5S3. The number of methoxy groups -OCH3 is 1. The molecule has 4 rings (SSSR count). The van der Waals surface area contributed by atoms with Gasteiger partial charge in [0.2, 0.25) is 5.91 Å². The Morgan fingerprint density at radius 3 is 2.58 bits per heavy atom. The Kier molecular flexibility index (Phi) is 10.4. The van der Waals surface area contributed by atoms with Gasteiger partial charge in [-0.15, -0.1) is 24.2 Å². The lowest BCUT2D eigenvalue weighted by molar-refractivity contribution is -0.118. The van der Waals surface area contributed by atoms with Crippen molar-refractivity contribution < 1.29 is 22.7 Å². The van der Waals surface area contributed by atoms with E-state index in [2.05, 4.69) is 9.88 Å². The lowest BCUT2D eigenvalue weighted by Crippen LogP contribution is -2.43. The van der Waals surface area contributed by atoms with E-state index in [0.29, 0.717) is 42.6 Å². The molecule has 2 aromatic carbocycles. The third kappa shape index (κ3) is 7.56. The number of morpholine rings is 1. The van der Waals surface area contributed by atoms with Crippen LogP contribution in [0, 0.1) is 0 Å². The number of hydrogen-bond acceptors (Lipinski definition) is 9. The van der Waals surface area contributed by atoms with Crippen LogP contribution in [-0.4, -0.2) is 82.7 Å². The van der Waals surface area contributed by atoms with Gasteiger partial charge < -0.3 is 9.47 Å². The summed E-state index contributed by atoms with van der Waals surface area (Å²) in [6, 6.07) is 12.7. The number of thioether (sulfide) groups is 1. The minimum absolute atomic E-state index is 0. The predicted octanol–water partition coefficient (Wildman–Crippen LogP) is 3.98. The molecule has 1 aromatic heterocycles. The van der Waals surface area contributed by atoms with Gasteiger partial charge >= 0.3 is 0 Å². The number of carbonyl (C=O) groups excluding carboxylic acids is 1. The number of sulfone groups is 1. The Hall–Kier alpha value is -1.89. The second kappa shape index (κ2) is 13.1. The average Bonchev–Trinajstić information content (AvgIpc) is 3.28. The summed E-state index contributed by atoms with van der Waals surface area (Å²) in [5.74, 6) is 1.44. The number of fused-ring (bicyclic) bond motifs is 1. The van der Waals surface area contributed by atoms with Crippen LogP contribution in [0.1, 0.15) is 6.42 Å². The maximum atomic E-state index is 13.3. The number of thiazole rings is 1. The summed E-state index contributed by atoms with van der Waals surface area (Å²) in [6.07, 6.45) is 1.55. The third-order valence-electron chi connectivity index (χ3n) is 5.70. The summed E-state index contributed by atoms with van der Waals surface area (Å²) in [6.45, 7) is 4.32. The molecule has 0 unspecified atom stereocenters. The highest BCUT2D eigenvalue weighted by molar-refractivity contribution is 7.99. The van der Waals surface area contributed by atoms with E-state index in [1.54, 1.807) is 42.0 Å². The van der Waals surface area contributed by atoms with Crippen LogP contribution in [0.15, 0.2) is 52.3 Å². The Morgan fingerprint density at radius 1 is 1.19 bits per heavy atom. The number of rotatable bonds is 10. The van der Waals surface area contributed by atoms with Gasteiger partial charge in [-0.25, -0.2) is 13.4 Å². The Labute approximate surface area is 226 Å². The Balaban J connectivity index is 0.00000361. The van der Waals surface area contributed by atoms with E-state index in [-0.39, 0.29) is 23.2 Å². The van der Waals surface area contributed by atoms with Crippen molar-refractivity contribution in [3.63, 3.8) is 0 Å². The van der Waals surface area contributed by atoms with E-state index in [9.17, 15) is 13.2 Å². The number of aromatic nitrogens is 1. The van der Waals surface area contributed by atoms with Crippen LogP contribution in [0.3, 0.4) is 0 Å². The molecule has 3 aromatic rings. The number of benzene rings is 2. The van der Waals surface area contributed by atoms with Crippen molar-refractivity contribution in [3.05, 3.63) is 42.5 Å². The van der Waals surface area contributed by atoms with Crippen LogP contribution >= 0.6 is 35.5 Å². The molecule has 0 spiro atoms. The summed E-state index contributed by atoms with van der Waals surface area (Å²) in [5, 5.41) is 0.596. The Bertz CT molecular complexity index is 1260. The van der Waals surface area contributed by atoms with Crippen molar-refractivity contribution in [2.45, 2.75) is 16.2 Å². The highest BCUT2D eigenvalue weighted by Gasteiger charge is 2.22. The fourth-order valence-electron chi connectivity index (χ4n) is 3.70. The molecule has 8 nitrogen and oxygen atoms in total. The minimum atomic E-state index is -3.32. The number of anilines is 1. The van der Waals surface area contributed by atoms with Crippen molar-refractivity contribution in [3.8, 4) is 5.75 Å². The highest BCUT2D eigenvalue weighted by atomic mass is 35.5. The van der Waals surface area contributed by atoms with E-state index in [4.69, 9.17) is 9.47 Å². The summed E-state index contributed by atoms with van der Waals surface area (Å²) >= 11 is 2.97. The van der Waals surface area contributed by atoms with Gasteiger partial charge in [0.1, 0.15) is 5.75 Å². The number of ether oxygens (including phenoxy) is 2. The molecule has 1 amide bonds. The maximum Gasteiger partial charge on any atom is 0.229 e. The molecule has 36 heavy (non-hydrogen) atoms. The van der Waals surface area contributed by atoms with Gasteiger partial charge in [0.15, 0.2) is 15.0 Å². The van der Waals surface area contributed by atoms with Crippen LogP contribution in [0.25, 0.3) is 10.2 Å². The molecule has 0 atom stereocenters. The third-order valence-corrected chi connectivity index (χ3v) is 8.86. The van der Waals surface area contributed by atoms with Crippen LogP contribution in [0.4, 0.5) is 5.13 Å². The van der Waals surface area contributed by atoms with Gasteiger partial charge in [0.25, 0.3) is 0 Å². The molecule has 2 heterocycles. The number of amides is 1. The summed E-state index contributed by atoms with van der Waals surface area (Å²) in [4.78, 5) is 23.4. The standard InChI is InChI=1S/C24H29N3O5S3.ClH/c1-31-18-3-5-19(6-4-18)33-16-9-23(28)27(11-10-26-12-14-32-15-13-26)24-25-21-8-7-20(35(2,29)30)17-22(21)34-24;/h3-8,17H,9-16H2,1-2H3;1H. The number of halogens is 1. The maximum absolute atomic E-state index is 13.3. The molecule has 196 valence electrons. The first-order valence-corrected chi connectivity index (χ1v) is 15.0. The van der Waals surface area contributed by atoms with E-state index in [1.165, 1.54) is 17.6 Å². The minimum Gasteiger partial charge on any atom is -0.497 e. The van der Waals surface area contributed by atoms with Crippen LogP contribution < -0.4 is 9.64 Å². The second-order valence-electron chi connectivity index (χ2n) is 8.17. The van der Waals surface area contributed by atoms with E-state index in [0.717, 1.165) is 35.0 Å².